The molecule has 20 heavy (non-hydrogen) atoms. The van der Waals surface area contributed by atoms with E-state index in [1.54, 1.807) is 18.2 Å². The lowest BCUT2D eigenvalue weighted by Crippen LogP contribution is -2.21. The van der Waals surface area contributed by atoms with E-state index in [1.807, 2.05) is 20.8 Å². The normalized spacial score (nSPS) is 12.9. The topological polar surface area (TPSA) is 32.9 Å². The SMILES string of the molecule is Cc1c(C(F)(F)F)[nH]c2c(C(C)(C)C)cccc2c1=O. The average molecular weight is 283 g/mol. The summed E-state index contributed by atoms with van der Waals surface area (Å²) in [6.07, 6.45) is -4.57. The van der Waals surface area contributed by atoms with Gasteiger partial charge < -0.3 is 4.98 Å². The Morgan fingerprint density at radius 3 is 2.20 bits per heavy atom. The number of para-hydroxylation sites is 1. The third-order valence-corrected chi connectivity index (χ3v) is 3.37. The van der Waals surface area contributed by atoms with Crippen molar-refractivity contribution in [1.82, 2.24) is 4.98 Å². The maximum Gasteiger partial charge on any atom is 0.431 e. The summed E-state index contributed by atoms with van der Waals surface area (Å²) in [4.78, 5) is 14.6. The number of pyridine rings is 1. The molecule has 0 aliphatic rings. The monoisotopic (exact) mass is 283 g/mol. The molecule has 0 bridgehead atoms. The van der Waals surface area contributed by atoms with Crippen molar-refractivity contribution >= 4 is 10.9 Å². The van der Waals surface area contributed by atoms with E-state index in [2.05, 4.69) is 4.98 Å². The van der Waals surface area contributed by atoms with Gasteiger partial charge in [-0.25, -0.2) is 0 Å². The van der Waals surface area contributed by atoms with E-state index in [4.69, 9.17) is 0 Å². The Morgan fingerprint density at radius 2 is 1.70 bits per heavy atom. The molecule has 0 aliphatic heterocycles. The highest BCUT2D eigenvalue weighted by Gasteiger charge is 2.35. The van der Waals surface area contributed by atoms with Gasteiger partial charge in [0.2, 0.25) is 0 Å². The Balaban J connectivity index is 2.98. The largest absolute Gasteiger partial charge is 0.431 e. The van der Waals surface area contributed by atoms with Crippen LogP contribution in [-0.2, 0) is 11.6 Å². The summed E-state index contributed by atoms with van der Waals surface area (Å²) < 4.78 is 39.0. The molecule has 0 aliphatic carbocycles. The molecule has 1 N–H and O–H groups in total. The van der Waals surface area contributed by atoms with Gasteiger partial charge in [-0.1, -0.05) is 32.9 Å². The fraction of sp³-hybridized carbons (Fsp3) is 0.400. The fourth-order valence-electron chi connectivity index (χ4n) is 2.32. The van der Waals surface area contributed by atoms with Crippen LogP contribution in [0, 0.1) is 6.92 Å². The number of halogens is 3. The molecule has 1 aromatic heterocycles. The van der Waals surface area contributed by atoms with Crippen molar-refractivity contribution in [3.8, 4) is 0 Å². The van der Waals surface area contributed by atoms with Crippen molar-refractivity contribution in [2.75, 3.05) is 0 Å². The van der Waals surface area contributed by atoms with Gasteiger partial charge in [-0.05, 0) is 24.0 Å². The lowest BCUT2D eigenvalue weighted by Gasteiger charge is -2.22. The van der Waals surface area contributed by atoms with Crippen LogP contribution in [0.1, 0.15) is 37.6 Å². The molecular formula is C15H16F3NO. The first-order valence-corrected chi connectivity index (χ1v) is 6.27. The molecular weight excluding hydrogens is 267 g/mol. The molecule has 0 fully saturated rings. The highest BCUT2D eigenvalue weighted by Crippen LogP contribution is 2.33. The molecule has 0 radical (unpaired) electrons. The summed E-state index contributed by atoms with van der Waals surface area (Å²) in [6, 6.07) is 5.00. The second-order valence-corrected chi connectivity index (χ2v) is 5.93. The third kappa shape index (κ3) is 2.32. The minimum absolute atomic E-state index is 0.267. The molecule has 0 saturated heterocycles. The van der Waals surface area contributed by atoms with E-state index in [-0.39, 0.29) is 16.5 Å². The van der Waals surface area contributed by atoms with E-state index < -0.39 is 17.3 Å². The molecule has 2 nitrogen and oxygen atoms in total. The van der Waals surface area contributed by atoms with Crippen LogP contribution in [0.3, 0.4) is 0 Å². The molecule has 108 valence electrons. The number of benzene rings is 1. The standard InChI is InChI=1S/C15H16F3NO/c1-8-12(20)9-6-5-7-10(14(2,3)4)11(9)19-13(8)15(16,17)18/h5-7H,1-4H3,(H,19,20). The molecule has 0 spiro atoms. The molecule has 1 aromatic carbocycles. The van der Waals surface area contributed by atoms with Crippen molar-refractivity contribution in [1.29, 1.82) is 0 Å². The zero-order valence-electron chi connectivity index (χ0n) is 11.8. The number of nitrogens with one attached hydrogen (secondary N) is 1. The van der Waals surface area contributed by atoms with E-state index >= 15 is 0 Å². The number of hydrogen-bond donors (Lipinski definition) is 1. The summed E-state index contributed by atoms with van der Waals surface area (Å²) in [5.41, 5.74) is -1.24. The van der Waals surface area contributed by atoms with Gasteiger partial charge in [0.15, 0.2) is 5.43 Å². The number of rotatable bonds is 0. The fourth-order valence-corrected chi connectivity index (χ4v) is 2.32. The van der Waals surface area contributed by atoms with Gasteiger partial charge in [-0.3, -0.25) is 4.79 Å². The maximum absolute atomic E-state index is 13.0. The number of H-pyrrole nitrogens is 1. The van der Waals surface area contributed by atoms with Gasteiger partial charge >= 0.3 is 6.18 Å². The maximum atomic E-state index is 13.0. The van der Waals surface area contributed by atoms with Crippen LogP contribution in [0.25, 0.3) is 10.9 Å². The van der Waals surface area contributed by atoms with Crippen LogP contribution in [0.4, 0.5) is 13.2 Å². The molecule has 1 heterocycles. The van der Waals surface area contributed by atoms with Crippen LogP contribution >= 0.6 is 0 Å². The highest BCUT2D eigenvalue weighted by molar-refractivity contribution is 5.83. The molecule has 0 unspecified atom stereocenters. The van der Waals surface area contributed by atoms with Crippen molar-refractivity contribution in [2.45, 2.75) is 39.3 Å². The summed E-state index contributed by atoms with van der Waals surface area (Å²) in [5.74, 6) is 0. The first-order valence-electron chi connectivity index (χ1n) is 6.27. The molecule has 5 heteroatoms. The Kier molecular flexibility index (Phi) is 3.19. The summed E-state index contributed by atoms with van der Waals surface area (Å²) >= 11 is 0. The number of alkyl halides is 3. The quantitative estimate of drug-likeness (QED) is 0.774. The molecule has 0 saturated carbocycles. The van der Waals surface area contributed by atoms with Gasteiger partial charge in [0.05, 0.1) is 5.52 Å². The molecule has 2 rings (SSSR count). The Bertz CT molecular complexity index is 721. The zero-order chi connectivity index (χ0) is 15.3. The van der Waals surface area contributed by atoms with Crippen LogP contribution in [0.5, 0.6) is 0 Å². The van der Waals surface area contributed by atoms with Crippen molar-refractivity contribution in [3.63, 3.8) is 0 Å². The Hall–Kier alpha value is -1.78. The number of fused-ring (bicyclic) bond motifs is 1. The third-order valence-electron chi connectivity index (χ3n) is 3.37. The van der Waals surface area contributed by atoms with Gasteiger partial charge in [0, 0.05) is 10.9 Å². The predicted molar refractivity (Wildman–Crippen MR) is 73.0 cm³/mol. The lowest BCUT2D eigenvalue weighted by molar-refractivity contribution is -0.141. The highest BCUT2D eigenvalue weighted by atomic mass is 19.4. The van der Waals surface area contributed by atoms with Crippen LogP contribution < -0.4 is 5.43 Å². The number of hydrogen-bond acceptors (Lipinski definition) is 1. The van der Waals surface area contributed by atoms with E-state index in [9.17, 15) is 18.0 Å². The average Bonchev–Trinajstić information content (AvgIpc) is 2.30. The van der Waals surface area contributed by atoms with Gasteiger partial charge in [-0.2, -0.15) is 13.2 Å². The smallest absolute Gasteiger partial charge is 0.350 e. The van der Waals surface area contributed by atoms with E-state index in [0.29, 0.717) is 10.9 Å². The summed E-state index contributed by atoms with van der Waals surface area (Å²) in [5, 5.41) is 0.294. The first-order chi connectivity index (χ1) is 9.03. The minimum atomic E-state index is -4.57. The van der Waals surface area contributed by atoms with Gasteiger partial charge in [0.1, 0.15) is 5.69 Å². The zero-order valence-corrected chi connectivity index (χ0v) is 11.8. The van der Waals surface area contributed by atoms with Crippen LogP contribution in [0.15, 0.2) is 23.0 Å². The van der Waals surface area contributed by atoms with E-state index in [0.717, 1.165) is 0 Å². The second kappa shape index (κ2) is 4.36. The Labute approximate surface area is 114 Å². The lowest BCUT2D eigenvalue weighted by atomic mass is 9.85. The summed E-state index contributed by atoms with van der Waals surface area (Å²) in [6.45, 7) is 6.89. The van der Waals surface area contributed by atoms with Crippen LogP contribution in [0.2, 0.25) is 0 Å². The van der Waals surface area contributed by atoms with Crippen molar-refractivity contribution < 1.29 is 13.2 Å². The first kappa shape index (κ1) is 14.6. The van der Waals surface area contributed by atoms with Crippen molar-refractivity contribution in [3.05, 3.63) is 45.2 Å². The van der Waals surface area contributed by atoms with Crippen molar-refractivity contribution in [2.24, 2.45) is 0 Å². The van der Waals surface area contributed by atoms with Gasteiger partial charge in [-0.15, -0.1) is 0 Å². The number of aromatic nitrogens is 1. The Morgan fingerprint density at radius 1 is 1.10 bits per heavy atom. The van der Waals surface area contributed by atoms with Crippen LogP contribution in [-0.4, -0.2) is 4.98 Å². The number of aromatic amines is 1. The van der Waals surface area contributed by atoms with Gasteiger partial charge in [0.25, 0.3) is 0 Å². The molecule has 0 atom stereocenters. The van der Waals surface area contributed by atoms with E-state index in [1.165, 1.54) is 6.92 Å². The summed E-state index contributed by atoms with van der Waals surface area (Å²) in [7, 11) is 0. The molecule has 2 aromatic rings. The second-order valence-electron chi connectivity index (χ2n) is 5.93. The minimum Gasteiger partial charge on any atom is -0.350 e. The predicted octanol–water partition coefficient (Wildman–Crippen LogP) is 4.15. The molecule has 0 amide bonds.